The summed E-state index contributed by atoms with van der Waals surface area (Å²) in [5, 5.41) is 6.10. The second-order valence-electron chi connectivity index (χ2n) is 6.71. The van der Waals surface area contributed by atoms with Gasteiger partial charge in [-0.15, -0.1) is 11.3 Å². The fourth-order valence-electron chi connectivity index (χ4n) is 3.90. The average molecular weight is 341 g/mol. The molecule has 1 aromatic carbocycles. The van der Waals surface area contributed by atoms with Crippen molar-refractivity contribution >= 4 is 28.1 Å². The molecular formula is C19H23N3OS. The number of aromatic nitrogens is 1. The lowest BCUT2D eigenvalue weighted by Gasteiger charge is -2.31. The van der Waals surface area contributed by atoms with Crippen LogP contribution < -0.4 is 10.2 Å². The number of carbonyl (C=O) groups excluding carboxylic acids is 1. The van der Waals surface area contributed by atoms with E-state index in [1.165, 1.54) is 18.4 Å². The minimum Gasteiger partial charge on any atom is -0.365 e. The van der Waals surface area contributed by atoms with Gasteiger partial charge in [-0.2, -0.15) is 0 Å². The highest BCUT2D eigenvalue weighted by molar-refractivity contribution is 7.14. The third kappa shape index (κ3) is 2.81. The van der Waals surface area contributed by atoms with Crippen molar-refractivity contribution in [1.82, 2.24) is 4.98 Å². The fourth-order valence-corrected chi connectivity index (χ4v) is 4.58. The Labute approximate surface area is 146 Å². The van der Waals surface area contributed by atoms with E-state index in [1.807, 2.05) is 11.9 Å². The standard InChI is InChI=1S/C19H23N3OS/c1-20-19-21-16(12-24-19)14-8-9-17-15(11-14)7-4-10-22(17)18(23)13-5-2-3-6-13/h8-9,11-13H,2-7,10H2,1H3,(H,20,21). The molecule has 1 fully saturated rings. The van der Waals surface area contributed by atoms with E-state index in [2.05, 4.69) is 33.9 Å². The Morgan fingerprint density at radius 2 is 2.12 bits per heavy atom. The zero-order valence-corrected chi connectivity index (χ0v) is 14.9. The number of nitrogens with one attached hydrogen (secondary N) is 1. The van der Waals surface area contributed by atoms with Gasteiger partial charge in [0.25, 0.3) is 0 Å². The molecule has 1 saturated carbocycles. The molecule has 0 saturated heterocycles. The van der Waals surface area contributed by atoms with Crippen LogP contribution in [0.25, 0.3) is 11.3 Å². The van der Waals surface area contributed by atoms with Crippen LogP contribution in [0.1, 0.15) is 37.7 Å². The second-order valence-corrected chi connectivity index (χ2v) is 7.56. The number of thiazole rings is 1. The van der Waals surface area contributed by atoms with E-state index in [0.29, 0.717) is 5.91 Å². The van der Waals surface area contributed by atoms with Crippen LogP contribution in [0.4, 0.5) is 10.8 Å². The molecule has 1 N–H and O–H groups in total. The summed E-state index contributed by atoms with van der Waals surface area (Å²) in [6.45, 7) is 0.863. The lowest BCUT2D eigenvalue weighted by atomic mass is 9.96. The molecular weight excluding hydrogens is 318 g/mol. The van der Waals surface area contributed by atoms with E-state index in [-0.39, 0.29) is 5.92 Å². The number of rotatable bonds is 3. The number of amides is 1. The summed E-state index contributed by atoms with van der Waals surface area (Å²) in [6.07, 6.45) is 6.62. The minimum atomic E-state index is 0.243. The zero-order valence-electron chi connectivity index (χ0n) is 14.0. The molecule has 0 bridgehead atoms. The number of hydrogen-bond donors (Lipinski definition) is 1. The van der Waals surface area contributed by atoms with Crippen molar-refractivity contribution in [3.05, 3.63) is 29.1 Å². The van der Waals surface area contributed by atoms with Crippen molar-refractivity contribution < 1.29 is 4.79 Å². The van der Waals surface area contributed by atoms with Gasteiger partial charge in [0.05, 0.1) is 5.69 Å². The highest BCUT2D eigenvalue weighted by atomic mass is 32.1. The molecule has 4 rings (SSSR count). The molecule has 4 nitrogen and oxygen atoms in total. The van der Waals surface area contributed by atoms with Gasteiger partial charge < -0.3 is 10.2 Å². The maximum absolute atomic E-state index is 12.9. The maximum atomic E-state index is 12.9. The van der Waals surface area contributed by atoms with Gasteiger partial charge in [0.1, 0.15) is 0 Å². The van der Waals surface area contributed by atoms with Crippen LogP contribution in [0.3, 0.4) is 0 Å². The Hall–Kier alpha value is -1.88. The van der Waals surface area contributed by atoms with E-state index < -0.39 is 0 Å². The lowest BCUT2D eigenvalue weighted by Crippen LogP contribution is -2.39. The highest BCUT2D eigenvalue weighted by Crippen LogP contribution is 2.35. The molecule has 1 aromatic heterocycles. The Morgan fingerprint density at radius 1 is 1.29 bits per heavy atom. The summed E-state index contributed by atoms with van der Waals surface area (Å²) in [5.74, 6) is 0.583. The summed E-state index contributed by atoms with van der Waals surface area (Å²) in [7, 11) is 1.89. The van der Waals surface area contributed by atoms with Gasteiger partial charge in [-0.25, -0.2) is 4.98 Å². The van der Waals surface area contributed by atoms with Gasteiger partial charge in [0.15, 0.2) is 5.13 Å². The normalized spacial score (nSPS) is 17.8. The van der Waals surface area contributed by atoms with Crippen LogP contribution in [-0.4, -0.2) is 24.5 Å². The molecule has 1 aliphatic carbocycles. The van der Waals surface area contributed by atoms with Gasteiger partial charge in [0.2, 0.25) is 5.91 Å². The SMILES string of the molecule is CNc1nc(-c2ccc3c(c2)CCCN3C(=O)C2CCCC2)cs1. The van der Waals surface area contributed by atoms with E-state index >= 15 is 0 Å². The lowest BCUT2D eigenvalue weighted by molar-refractivity contribution is -0.122. The van der Waals surface area contributed by atoms with Gasteiger partial charge in [-0.05, 0) is 43.4 Å². The van der Waals surface area contributed by atoms with Gasteiger partial charge in [-0.3, -0.25) is 4.79 Å². The maximum Gasteiger partial charge on any atom is 0.230 e. The average Bonchev–Trinajstić information content (AvgIpc) is 3.31. The number of hydrogen-bond acceptors (Lipinski definition) is 4. The number of nitrogens with zero attached hydrogens (tertiary/aromatic N) is 2. The van der Waals surface area contributed by atoms with Crippen LogP contribution in [0.15, 0.2) is 23.6 Å². The first-order chi connectivity index (χ1) is 11.8. The number of aryl methyl sites for hydroxylation is 1. The van der Waals surface area contributed by atoms with Crippen molar-refractivity contribution in [2.75, 3.05) is 23.8 Å². The molecule has 24 heavy (non-hydrogen) atoms. The third-order valence-electron chi connectivity index (χ3n) is 5.18. The monoisotopic (exact) mass is 341 g/mol. The highest BCUT2D eigenvalue weighted by Gasteiger charge is 2.30. The first-order valence-corrected chi connectivity index (χ1v) is 9.72. The summed E-state index contributed by atoms with van der Waals surface area (Å²) in [4.78, 5) is 19.5. The topological polar surface area (TPSA) is 45.2 Å². The molecule has 2 aromatic rings. The van der Waals surface area contributed by atoms with Crippen LogP contribution in [0.5, 0.6) is 0 Å². The van der Waals surface area contributed by atoms with Crippen LogP contribution >= 0.6 is 11.3 Å². The van der Waals surface area contributed by atoms with E-state index in [9.17, 15) is 4.79 Å². The van der Waals surface area contributed by atoms with E-state index in [4.69, 9.17) is 0 Å². The summed E-state index contributed by atoms with van der Waals surface area (Å²) < 4.78 is 0. The first-order valence-electron chi connectivity index (χ1n) is 8.84. The zero-order chi connectivity index (χ0) is 16.5. The van der Waals surface area contributed by atoms with E-state index in [1.54, 1.807) is 11.3 Å². The van der Waals surface area contributed by atoms with Crippen LogP contribution in [0, 0.1) is 5.92 Å². The fraction of sp³-hybridized carbons (Fsp3) is 0.474. The Bertz CT molecular complexity index is 749. The van der Waals surface area contributed by atoms with Crippen LogP contribution in [-0.2, 0) is 11.2 Å². The van der Waals surface area contributed by atoms with Crippen molar-refractivity contribution in [3.63, 3.8) is 0 Å². The predicted molar refractivity (Wildman–Crippen MR) is 99.7 cm³/mol. The molecule has 0 spiro atoms. The van der Waals surface area contributed by atoms with Gasteiger partial charge in [-0.1, -0.05) is 18.9 Å². The quantitative estimate of drug-likeness (QED) is 0.904. The molecule has 0 radical (unpaired) electrons. The molecule has 1 aliphatic heterocycles. The van der Waals surface area contributed by atoms with Gasteiger partial charge in [0, 0.05) is 36.1 Å². The van der Waals surface area contributed by atoms with E-state index in [0.717, 1.165) is 54.3 Å². The van der Waals surface area contributed by atoms with Crippen molar-refractivity contribution in [3.8, 4) is 11.3 Å². The molecule has 0 atom stereocenters. The Balaban J connectivity index is 1.63. The molecule has 126 valence electrons. The van der Waals surface area contributed by atoms with Crippen molar-refractivity contribution in [1.29, 1.82) is 0 Å². The Kier molecular flexibility index (Phi) is 4.27. The van der Waals surface area contributed by atoms with Gasteiger partial charge >= 0.3 is 0 Å². The molecule has 0 unspecified atom stereocenters. The molecule has 5 heteroatoms. The number of carbonyl (C=O) groups is 1. The second kappa shape index (κ2) is 6.55. The summed E-state index contributed by atoms with van der Waals surface area (Å²) in [6, 6.07) is 6.45. The molecule has 1 amide bonds. The molecule has 2 heterocycles. The summed E-state index contributed by atoms with van der Waals surface area (Å²) in [5.41, 5.74) is 4.54. The number of benzene rings is 1. The Morgan fingerprint density at radius 3 is 2.88 bits per heavy atom. The molecule has 2 aliphatic rings. The number of anilines is 2. The smallest absolute Gasteiger partial charge is 0.230 e. The van der Waals surface area contributed by atoms with Crippen molar-refractivity contribution in [2.45, 2.75) is 38.5 Å². The first kappa shape index (κ1) is 15.6. The number of fused-ring (bicyclic) bond motifs is 1. The van der Waals surface area contributed by atoms with Crippen LogP contribution in [0.2, 0.25) is 0 Å². The largest absolute Gasteiger partial charge is 0.365 e. The van der Waals surface area contributed by atoms with Crippen molar-refractivity contribution in [2.24, 2.45) is 5.92 Å². The predicted octanol–water partition coefficient (Wildman–Crippen LogP) is 4.32. The summed E-state index contributed by atoms with van der Waals surface area (Å²) >= 11 is 1.62. The third-order valence-corrected chi connectivity index (χ3v) is 6.04. The minimum absolute atomic E-state index is 0.243.